The molecule has 13 nitrogen and oxygen atoms in total. The van der Waals surface area contributed by atoms with E-state index in [9.17, 15) is 19.2 Å². The van der Waals surface area contributed by atoms with Gasteiger partial charge in [0.2, 0.25) is 0 Å². The number of hydrogen-bond acceptors (Lipinski definition) is 13. The third-order valence-electron chi connectivity index (χ3n) is 11.5. The molecule has 6 unspecified atom stereocenters. The average molecular weight is 1040 g/mol. The van der Waals surface area contributed by atoms with Crippen LogP contribution in [0.15, 0.2) is 97.7 Å². The Kier molecular flexibility index (Phi) is 26.1. The van der Waals surface area contributed by atoms with Gasteiger partial charge in [-0.15, -0.1) is 0 Å². The zero-order valence-electron chi connectivity index (χ0n) is 42.5. The fourth-order valence-electron chi connectivity index (χ4n) is 7.90. The molecule has 0 fully saturated rings. The summed E-state index contributed by atoms with van der Waals surface area (Å²) in [4.78, 5) is 48.5. The highest BCUT2D eigenvalue weighted by Crippen LogP contribution is 2.46. The summed E-state index contributed by atoms with van der Waals surface area (Å²) in [5.74, 6) is -2.23. The lowest BCUT2D eigenvalue weighted by Gasteiger charge is -2.46. The summed E-state index contributed by atoms with van der Waals surface area (Å²) >= 11 is 0. The summed E-state index contributed by atoms with van der Waals surface area (Å²) in [5, 5.41) is 0. The van der Waals surface area contributed by atoms with Crippen LogP contribution >= 0.6 is 0 Å². The molecule has 2 aliphatic rings. The Labute approximate surface area is 409 Å². The van der Waals surface area contributed by atoms with E-state index in [-0.39, 0.29) is 47.6 Å². The highest BCUT2D eigenvalue weighted by molar-refractivity contribution is 6.86. The predicted molar refractivity (Wildman–Crippen MR) is 283 cm³/mol. The van der Waals surface area contributed by atoms with Crippen molar-refractivity contribution >= 4 is 75.5 Å². The Morgan fingerprint density at radius 1 is 0.672 bits per heavy atom. The van der Waals surface area contributed by atoms with E-state index < -0.39 is 87.7 Å². The second kappa shape index (κ2) is 29.2. The van der Waals surface area contributed by atoms with Crippen LogP contribution in [0.2, 0.25) is 93.7 Å². The first-order valence-corrected chi connectivity index (χ1v) is 39.8. The number of carbonyl (C=O) groups excluding carboxylic acids is 4. The van der Waals surface area contributed by atoms with Crippen LogP contribution < -0.4 is 0 Å². The lowest BCUT2D eigenvalue weighted by Crippen LogP contribution is -2.57. The zero-order chi connectivity index (χ0) is 50.4. The molecule has 0 saturated heterocycles. The van der Waals surface area contributed by atoms with Crippen molar-refractivity contribution in [3.8, 4) is 0 Å². The number of rotatable bonds is 33. The normalized spacial score (nSPS) is 18.7. The molecule has 0 bridgehead atoms. The minimum atomic E-state index is -2.95. The molecule has 0 saturated carbocycles. The molecule has 67 heavy (non-hydrogen) atoms. The van der Waals surface area contributed by atoms with Gasteiger partial charge in [0.1, 0.15) is 32.0 Å². The maximum absolute atomic E-state index is 12.3. The van der Waals surface area contributed by atoms with Gasteiger partial charge in [0.25, 0.3) is 0 Å². The Balaban J connectivity index is 2.12. The highest BCUT2D eigenvalue weighted by atomic mass is 28.4. The van der Waals surface area contributed by atoms with E-state index in [1.54, 1.807) is 13.8 Å². The van der Waals surface area contributed by atoms with E-state index in [0.29, 0.717) is 6.61 Å². The molecule has 2 rings (SSSR count). The zero-order valence-corrected chi connectivity index (χ0v) is 48.8. The summed E-state index contributed by atoms with van der Waals surface area (Å²) in [6, 6.07) is 4.44. The number of ether oxygens (including phenoxy) is 4. The van der Waals surface area contributed by atoms with Crippen LogP contribution in [0.3, 0.4) is 0 Å². The third kappa shape index (κ3) is 22.5. The van der Waals surface area contributed by atoms with Crippen molar-refractivity contribution < 1.29 is 59.6 Å². The van der Waals surface area contributed by atoms with E-state index in [4.69, 9.17) is 40.5 Å². The molecule has 376 valence electrons. The number of allylic oxidation sites excluding steroid dienone is 8. The first-order chi connectivity index (χ1) is 31.4. The molecule has 0 N–H and O–H groups in total. The third-order valence-corrected chi connectivity index (χ3v) is 32.5. The monoisotopic (exact) mass is 1030 g/mol. The van der Waals surface area contributed by atoms with Crippen molar-refractivity contribution in [3.05, 3.63) is 97.7 Å². The van der Waals surface area contributed by atoms with Crippen molar-refractivity contribution in [2.45, 2.75) is 145 Å². The van der Waals surface area contributed by atoms with E-state index in [2.05, 4.69) is 127 Å². The smallest absolute Gasteiger partial charge is 0.342 e. The first-order valence-electron chi connectivity index (χ1n) is 23.6. The number of unbranched alkanes of at least 4 members (excludes halogenated alkanes) is 1. The second-order valence-corrected chi connectivity index (χ2v) is 41.4. The van der Waals surface area contributed by atoms with Crippen molar-refractivity contribution in [2.24, 2.45) is 0 Å². The number of hydrogen-bond donors (Lipinski definition) is 0. The fourth-order valence-corrected chi connectivity index (χ4v) is 34.9. The van der Waals surface area contributed by atoms with Gasteiger partial charge in [0, 0.05) is 34.9 Å². The lowest BCUT2D eigenvalue weighted by molar-refractivity contribution is -0.146. The van der Waals surface area contributed by atoms with E-state index in [1.165, 1.54) is 7.11 Å². The van der Waals surface area contributed by atoms with Crippen LogP contribution in [0.5, 0.6) is 0 Å². The Morgan fingerprint density at radius 2 is 1.16 bits per heavy atom. The maximum atomic E-state index is 12.3. The van der Waals surface area contributed by atoms with Crippen LogP contribution in [0.1, 0.15) is 39.5 Å². The quantitative estimate of drug-likeness (QED) is 0.0202. The standard InChI is InChI=1S/C48H82O13Si6/c1-16-45(49)54-35-41(36-55-46(50)38(2)3)58-62(8)30-34-66(14,15)61-67(42-25-19-17-20-26-42,43-27-21-18-22-28-43)57-29-23-24-32-64(10,11)60-65(12,13)33-31-63(9)59-44(40(6)48(52)53-7)37-56-47(51)39(4)5/h16-22,25,27,41-44,62-63H,1-2,4,6,23-24,26,28-37H2,3,5,7-15H3. The van der Waals surface area contributed by atoms with Crippen molar-refractivity contribution in [1.29, 1.82) is 0 Å². The molecule has 6 atom stereocenters. The topological polar surface area (TPSA) is 151 Å². The SMILES string of the molecule is C=CC(=O)OCC(COC(=O)C(=C)C)O[SiH](C)CC[Si](C)(C)O[Si](OCCCC[Si](C)(C)O[Si](C)(C)CC[SiH](C)OC(COC(=O)C(=C)C)C(=C)C(=O)OC)(C1C=CC=CC1)C1C=CC=CC1. The van der Waals surface area contributed by atoms with Crippen LogP contribution in [0.4, 0.5) is 0 Å². The summed E-state index contributed by atoms with van der Waals surface area (Å²) in [7, 11) is -11.9. The molecule has 0 aromatic carbocycles. The first kappa shape index (κ1) is 60.0. The predicted octanol–water partition coefficient (Wildman–Crippen LogP) is 9.82. The highest BCUT2D eigenvalue weighted by Gasteiger charge is 2.53. The molecule has 0 aromatic rings. The van der Waals surface area contributed by atoms with Gasteiger partial charge >= 0.3 is 32.4 Å². The van der Waals surface area contributed by atoms with Crippen LogP contribution in [-0.2, 0) is 59.6 Å². The molecule has 0 spiro atoms. The van der Waals surface area contributed by atoms with Gasteiger partial charge < -0.3 is 40.5 Å². The molecule has 19 heteroatoms. The van der Waals surface area contributed by atoms with E-state index in [1.807, 2.05) is 0 Å². The van der Waals surface area contributed by atoms with E-state index in [0.717, 1.165) is 62.0 Å². The number of carbonyl (C=O) groups is 4. The Morgan fingerprint density at radius 3 is 1.66 bits per heavy atom. The van der Waals surface area contributed by atoms with Gasteiger partial charge in [-0.3, -0.25) is 0 Å². The van der Waals surface area contributed by atoms with Crippen LogP contribution in [-0.4, -0.2) is 121 Å². The molecular weight excluding hydrogens is 953 g/mol. The number of methoxy groups -OCH3 is 1. The summed E-state index contributed by atoms with van der Waals surface area (Å²) < 4.78 is 55.7. The van der Waals surface area contributed by atoms with Gasteiger partial charge in [-0.05, 0) is 116 Å². The molecule has 0 radical (unpaired) electrons. The summed E-state index contributed by atoms with van der Waals surface area (Å²) in [6.07, 6.45) is 20.8. The van der Waals surface area contributed by atoms with Crippen molar-refractivity contribution in [2.75, 3.05) is 33.5 Å². The minimum Gasteiger partial charge on any atom is -0.466 e. The molecule has 0 amide bonds. The molecular formula is C48H82O13Si6. The number of esters is 4. The Hall–Kier alpha value is -3.10. The van der Waals surface area contributed by atoms with Crippen molar-refractivity contribution in [1.82, 2.24) is 0 Å². The fraction of sp³-hybridized carbons (Fsp3) is 0.583. The van der Waals surface area contributed by atoms with Gasteiger partial charge in [-0.25, -0.2) is 19.2 Å². The maximum Gasteiger partial charge on any atom is 0.342 e. The van der Waals surface area contributed by atoms with Crippen molar-refractivity contribution in [3.63, 3.8) is 0 Å². The Bertz CT molecular complexity index is 1790. The van der Waals surface area contributed by atoms with E-state index >= 15 is 0 Å². The molecule has 0 heterocycles. The summed E-state index contributed by atoms with van der Waals surface area (Å²) in [6.45, 7) is 36.1. The largest absolute Gasteiger partial charge is 0.466 e. The minimum absolute atomic E-state index is 0.0450. The van der Waals surface area contributed by atoms with Gasteiger partial charge in [-0.2, -0.15) is 0 Å². The molecule has 0 aromatic heterocycles. The molecule has 2 aliphatic carbocycles. The van der Waals surface area contributed by atoms with Gasteiger partial charge in [-0.1, -0.05) is 81.3 Å². The molecule has 0 aliphatic heterocycles. The second-order valence-electron chi connectivity index (χ2n) is 19.5. The van der Waals surface area contributed by atoms with Gasteiger partial charge in [0.15, 0.2) is 43.0 Å². The van der Waals surface area contributed by atoms with Gasteiger partial charge in [0.05, 0.1) is 12.7 Å². The average Bonchev–Trinajstić information content (AvgIpc) is 3.28. The van der Waals surface area contributed by atoms with Crippen LogP contribution in [0.25, 0.3) is 0 Å². The lowest BCUT2D eigenvalue weighted by atomic mass is 10.2. The summed E-state index contributed by atoms with van der Waals surface area (Å²) in [5.41, 5.74) is 0.971. The van der Waals surface area contributed by atoms with Crippen LogP contribution in [0, 0.1) is 0 Å².